The lowest BCUT2D eigenvalue weighted by molar-refractivity contribution is -0.105. The first kappa shape index (κ1) is 13.0. The van der Waals surface area contributed by atoms with Crippen LogP contribution in [0.1, 0.15) is 0 Å². The second-order valence-corrected chi connectivity index (χ2v) is 3.73. The number of carbonyl (C=O) groups excluding carboxylic acids is 1. The van der Waals surface area contributed by atoms with Gasteiger partial charge in [0.05, 0.1) is 13.2 Å². The minimum absolute atomic E-state index is 0.521. The third-order valence-electron chi connectivity index (χ3n) is 1.80. The average Bonchev–Trinajstić information content (AvgIpc) is 2.31. The highest BCUT2D eigenvalue weighted by Crippen LogP contribution is 2.14. The van der Waals surface area contributed by atoms with E-state index in [9.17, 15) is 4.79 Å². The van der Waals surface area contributed by atoms with Crippen molar-refractivity contribution in [2.75, 3.05) is 30.5 Å². The molecule has 0 heterocycles. The van der Waals surface area contributed by atoms with Gasteiger partial charge >= 0.3 is 0 Å². The number of hydrogen-bond acceptors (Lipinski definition) is 3. The Bertz CT molecular complexity index is 303. The Morgan fingerprint density at radius 3 is 2.56 bits per heavy atom. The number of benzene rings is 1. The van der Waals surface area contributed by atoms with Gasteiger partial charge in [0, 0.05) is 11.0 Å². The van der Waals surface area contributed by atoms with Crippen LogP contribution in [0.25, 0.3) is 0 Å². The molecule has 0 aliphatic carbocycles. The van der Waals surface area contributed by atoms with Crippen molar-refractivity contribution in [3.63, 3.8) is 0 Å². The predicted molar refractivity (Wildman–Crippen MR) is 66.2 cm³/mol. The van der Waals surface area contributed by atoms with Gasteiger partial charge < -0.3 is 14.8 Å². The SMILES string of the molecule is O=CNc1ccc(OCCOCCBr)cc1. The summed E-state index contributed by atoms with van der Waals surface area (Å²) in [5.41, 5.74) is 0.748. The van der Waals surface area contributed by atoms with E-state index in [0.29, 0.717) is 26.2 Å². The zero-order valence-electron chi connectivity index (χ0n) is 8.82. The Labute approximate surface area is 103 Å². The molecule has 0 atom stereocenters. The molecule has 0 fully saturated rings. The van der Waals surface area contributed by atoms with Crippen LogP contribution in [0.2, 0.25) is 0 Å². The summed E-state index contributed by atoms with van der Waals surface area (Å²) in [7, 11) is 0. The summed E-state index contributed by atoms with van der Waals surface area (Å²) in [6, 6.07) is 7.17. The van der Waals surface area contributed by atoms with Crippen LogP contribution in [0.4, 0.5) is 5.69 Å². The van der Waals surface area contributed by atoms with Crippen LogP contribution in [0.3, 0.4) is 0 Å². The zero-order valence-corrected chi connectivity index (χ0v) is 10.4. The number of ether oxygens (including phenoxy) is 2. The first-order chi connectivity index (χ1) is 7.86. The summed E-state index contributed by atoms with van der Waals surface area (Å²) in [6.45, 7) is 1.78. The number of halogens is 1. The number of carbonyl (C=O) groups is 1. The van der Waals surface area contributed by atoms with Crippen LogP contribution in [0, 0.1) is 0 Å². The highest BCUT2D eigenvalue weighted by Gasteiger charge is 1.94. The van der Waals surface area contributed by atoms with Crippen LogP contribution in [0.15, 0.2) is 24.3 Å². The molecule has 0 unspecified atom stereocenters. The Morgan fingerprint density at radius 1 is 1.19 bits per heavy atom. The minimum atomic E-state index is 0.521. The second-order valence-electron chi connectivity index (χ2n) is 2.94. The fourth-order valence-corrected chi connectivity index (χ4v) is 1.32. The lowest BCUT2D eigenvalue weighted by atomic mass is 10.3. The highest BCUT2D eigenvalue weighted by atomic mass is 79.9. The molecule has 0 radical (unpaired) electrons. The Hall–Kier alpha value is -1.07. The Morgan fingerprint density at radius 2 is 1.94 bits per heavy atom. The maximum atomic E-state index is 10.2. The predicted octanol–water partition coefficient (Wildman–Crippen LogP) is 2.05. The van der Waals surface area contributed by atoms with Crippen molar-refractivity contribution in [2.24, 2.45) is 0 Å². The summed E-state index contributed by atoms with van der Waals surface area (Å²) < 4.78 is 10.7. The van der Waals surface area contributed by atoms with E-state index in [2.05, 4.69) is 21.2 Å². The quantitative estimate of drug-likeness (QED) is 0.452. The molecule has 0 saturated heterocycles. The monoisotopic (exact) mass is 287 g/mol. The highest BCUT2D eigenvalue weighted by molar-refractivity contribution is 9.09. The molecule has 5 heteroatoms. The van der Waals surface area contributed by atoms with Crippen molar-refractivity contribution in [3.8, 4) is 5.75 Å². The number of nitrogens with one attached hydrogen (secondary N) is 1. The largest absolute Gasteiger partial charge is 0.491 e. The Kier molecular flexibility index (Phi) is 6.60. The molecule has 0 saturated carbocycles. The van der Waals surface area contributed by atoms with Gasteiger partial charge in [0.2, 0.25) is 6.41 Å². The molecule has 0 aromatic heterocycles. The average molecular weight is 288 g/mol. The minimum Gasteiger partial charge on any atom is -0.491 e. The molecule has 1 aromatic carbocycles. The van der Waals surface area contributed by atoms with Crippen LogP contribution in [-0.4, -0.2) is 31.6 Å². The number of anilines is 1. The molecule has 0 aliphatic rings. The molecular weight excluding hydrogens is 274 g/mol. The second kappa shape index (κ2) is 8.13. The van der Waals surface area contributed by atoms with Gasteiger partial charge in [0.15, 0.2) is 0 Å². The third kappa shape index (κ3) is 5.14. The first-order valence-corrected chi connectivity index (χ1v) is 6.05. The first-order valence-electron chi connectivity index (χ1n) is 4.93. The normalized spacial score (nSPS) is 9.81. The lowest BCUT2D eigenvalue weighted by Gasteiger charge is -2.07. The number of hydrogen-bond donors (Lipinski definition) is 1. The molecule has 4 nitrogen and oxygen atoms in total. The standard InChI is InChI=1S/C11H14BrNO3/c12-5-6-15-7-8-16-11-3-1-10(2-4-11)13-9-14/h1-4,9H,5-8H2,(H,13,14). The smallest absolute Gasteiger partial charge is 0.211 e. The molecule has 1 N–H and O–H groups in total. The van der Waals surface area contributed by atoms with Crippen molar-refractivity contribution >= 4 is 28.0 Å². The number of alkyl halides is 1. The van der Waals surface area contributed by atoms with Crippen LogP contribution in [0.5, 0.6) is 5.75 Å². The van der Waals surface area contributed by atoms with Gasteiger partial charge in [-0.3, -0.25) is 4.79 Å². The van der Waals surface area contributed by atoms with E-state index >= 15 is 0 Å². The van der Waals surface area contributed by atoms with Crippen molar-refractivity contribution < 1.29 is 14.3 Å². The number of amides is 1. The molecule has 0 bridgehead atoms. The molecule has 16 heavy (non-hydrogen) atoms. The molecule has 0 aliphatic heterocycles. The van der Waals surface area contributed by atoms with Crippen LogP contribution >= 0.6 is 15.9 Å². The lowest BCUT2D eigenvalue weighted by Crippen LogP contribution is -2.07. The zero-order chi connectivity index (χ0) is 11.6. The Balaban J connectivity index is 2.23. The summed E-state index contributed by atoms with van der Waals surface area (Å²) >= 11 is 3.27. The molecule has 88 valence electrons. The van der Waals surface area contributed by atoms with Crippen LogP contribution < -0.4 is 10.1 Å². The van der Waals surface area contributed by atoms with Gasteiger partial charge in [-0.1, -0.05) is 15.9 Å². The van der Waals surface area contributed by atoms with Gasteiger partial charge in [0.25, 0.3) is 0 Å². The van der Waals surface area contributed by atoms with Gasteiger partial charge in [-0.25, -0.2) is 0 Å². The molecule has 1 amide bonds. The summed E-state index contributed by atoms with van der Waals surface area (Å²) in [5.74, 6) is 0.763. The van der Waals surface area contributed by atoms with E-state index in [-0.39, 0.29) is 0 Å². The van der Waals surface area contributed by atoms with E-state index in [4.69, 9.17) is 9.47 Å². The van der Waals surface area contributed by atoms with E-state index in [1.54, 1.807) is 24.3 Å². The molecule has 0 spiro atoms. The van der Waals surface area contributed by atoms with Gasteiger partial charge in [-0.15, -0.1) is 0 Å². The maximum absolute atomic E-state index is 10.2. The van der Waals surface area contributed by atoms with Crippen molar-refractivity contribution in [3.05, 3.63) is 24.3 Å². The van der Waals surface area contributed by atoms with Crippen molar-refractivity contribution in [2.45, 2.75) is 0 Å². The third-order valence-corrected chi connectivity index (χ3v) is 2.12. The van der Waals surface area contributed by atoms with Gasteiger partial charge in [-0.05, 0) is 24.3 Å². The van der Waals surface area contributed by atoms with E-state index in [0.717, 1.165) is 16.8 Å². The summed E-state index contributed by atoms with van der Waals surface area (Å²) in [6.07, 6.45) is 0.643. The van der Waals surface area contributed by atoms with E-state index < -0.39 is 0 Å². The molecule has 1 aromatic rings. The van der Waals surface area contributed by atoms with Crippen LogP contribution in [-0.2, 0) is 9.53 Å². The van der Waals surface area contributed by atoms with E-state index in [1.165, 1.54) is 0 Å². The topological polar surface area (TPSA) is 47.6 Å². The maximum Gasteiger partial charge on any atom is 0.211 e. The van der Waals surface area contributed by atoms with Crippen molar-refractivity contribution in [1.82, 2.24) is 0 Å². The van der Waals surface area contributed by atoms with E-state index in [1.807, 2.05) is 0 Å². The fraction of sp³-hybridized carbons (Fsp3) is 0.364. The van der Waals surface area contributed by atoms with Gasteiger partial charge in [-0.2, -0.15) is 0 Å². The summed E-state index contributed by atoms with van der Waals surface area (Å²) in [5, 5.41) is 3.39. The fourth-order valence-electron chi connectivity index (χ4n) is 1.09. The molecular formula is C11H14BrNO3. The van der Waals surface area contributed by atoms with Gasteiger partial charge in [0.1, 0.15) is 12.4 Å². The number of rotatable bonds is 8. The molecule has 1 rings (SSSR count). The van der Waals surface area contributed by atoms with Crippen molar-refractivity contribution in [1.29, 1.82) is 0 Å². The summed E-state index contributed by atoms with van der Waals surface area (Å²) in [4.78, 5) is 10.2.